The molecule has 6 unspecified atom stereocenters. The van der Waals surface area contributed by atoms with Crippen LogP contribution in [0.5, 0.6) is 0 Å². The maximum atomic E-state index is 13.5. The Hall–Kier alpha value is -1.22. The van der Waals surface area contributed by atoms with E-state index in [9.17, 15) is 20.0 Å². The zero-order valence-corrected chi connectivity index (χ0v) is 32.2. The smallest absolute Gasteiger partial charge is 0.310 e. The van der Waals surface area contributed by atoms with Gasteiger partial charge in [-0.3, -0.25) is 14.8 Å². The average Bonchev–Trinajstić information content (AvgIpc) is 3.16. The number of carbonyl (C=O) groups excluding carboxylic acids is 1. The minimum atomic E-state index is -0.829. The van der Waals surface area contributed by atoms with E-state index in [1.54, 1.807) is 0 Å². The van der Waals surface area contributed by atoms with Crippen molar-refractivity contribution < 1.29 is 39.4 Å². The van der Waals surface area contributed by atoms with Crippen molar-refractivity contribution in [3.8, 4) is 0 Å². The molecular formula is C43H72O8. The highest BCUT2D eigenvalue weighted by Crippen LogP contribution is 2.50. The van der Waals surface area contributed by atoms with E-state index in [4.69, 9.17) is 14.5 Å². The summed E-state index contributed by atoms with van der Waals surface area (Å²) in [5.41, 5.74) is 0.208. The summed E-state index contributed by atoms with van der Waals surface area (Å²) in [5.74, 6) is 2.53. The minimum Gasteiger partial charge on any atom is -0.481 e. The maximum Gasteiger partial charge on any atom is 0.310 e. The zero-order chi connectivity index (χ0) is 35.8. The van der Waals surface area contributed by atoms with Crippen LogP contribution in [0.4, 0.5) is 0 Å². The van der Waals surface area contributed by atoms with Gasteiger partial charge < -0.3 is 9.84 Å². The lowest BCUT2D eigenvalue weighted by atomic mass is 9.60. The quantitative estimate of drug-likeness (QED) is 0.110. The van der Waals surface area contributed by atoms with Gasteiger partial charge in [0.15, 0.2) is 0 Å². The van der Waals surface area contributed by atoms with Gasteiger partial charge in [0.2, 0.25) is 0 Å². The molecule has 0 bridgehead atoms. The van der Waals surface area contributed by atoms with Crippen LogP contribution in [0.2, 0.25) is 0 Å². The topological polar surface area (TPSA) is 112 Å². The van der Waals surface area contributed by atoms with Crippen LogP contribution in [0.15, 0.2) is 0 Å². The van der Waals surface area contributed by atoms with Crippen molar-refractivity contribution in [1.29, 1.82) is 0 Å². The Morgan fingerprint density at radius 2 is 1.12 bits per heavy atom. The molecule has 6 aliphatic rings. The Kier molecular flexibility index (Phi) is 14.6. The summed E-state index contributed by atoms with van der Waals surface area (Å²) in [7, 11) is 0. The van der Waals surface area contributed by atoms with Gasteiger partial charge in [0, 0.05) is 0 Å². The molecule has 6 rings (SSSR count). The fourth-order valence-corrected chi connectivity index (χ4v) is 12.3. The number of carboxylic acid groups (broad SMARTS) is 1. The SMILES string of the molecule is CC(C)(C1CCC(OOCC2CC(C3CCCCC3)CCC2COO)CC1)C1CCC(OC(=O)C2CC(C3CCCCC3)CCC2C(=O)O)CC1. The monoisotopic (exact) mass is 717 g/mol. The molecule has 0 heterocycles. The van der Waals surface area contributed by atoms with E-state index in [0.29, 0.717) is 61.6 Å². The number of esters is 1. The molecule has 8 heteroatoms. The third kappa shape index (κ3) is 10.3. The van der Waals surface area contributed by atoms with Crippen molar-refractivity contribution in [2.24, 2.45) is 64.6 Å². The third-order valence-electron chi connectivity index (χ3n) is 15.8. The average molecular weight is 717 g/mol. The van der Waals surface area contributed by atoms with Crippen LogP contribution in [-0.4, -0.2) is 47.7 Å². The fourth-order valence-electron chi connectivity index (χ4n) is 12.3. The van der Waals surface area contributed by atoms with Crippen LogP contribution in [0.25, 0.3) is 0 Å². The van der Waals surface area contributed by atoms with Gasteiger partial charge >= 0.3 is 11.9 Å². The van der Waals surface area contributed by atoms with E-state index in [0.717, 1.165) is 82.5 Å². The summed E-state index contributed by atoms with van der Waals surface area (Å²) in [4.78, 5) is 42.4. The van der Waals surface area contributed by atoms with Gasteiger partial charge in [-0.1, -0.05) is 78.1 Å². The first-order valence-corrected chi connectivity index (χ1v) is 21.7. The Morgan fingerprint density at radius 3 is 1.69 bits per heavy atom. The molecule has 0 aromatic rings. The Bertz CT molecular complexity index is 1070. The molecular weight excluding hydrogens is 644 g/mol. The molecule has 0 aromatic carbocycles. The van der Waals surface area contributed by atoms with Gasteiger partial charge in [-0.05, 0) is 143 Å². The number of carboxylic acids is 1. The summed E-state index contributed by atoms with van der Waals surface area (Å²) in [6.07, 6.45) is 27.2. The summed E-state index contributed by atoms with van der Waals surface area (Å²) in [6.45, 7) is 5.89. The van der Waals surface area contributed by atoms with Gasteiger partial charge in [-0.2, -0.15) is 0 Å². The number of ether oxygens (including phenoxy) is 1. The van der Waals surface area contributed by atoms with Crippen LogP contribution in [0, 0.1) is 64.6 Å². The van der Waals surface area contributed by atoms with Crippen molar-refractivity contribution in [3.05, 3.63) is 0 Å². The Balaban J connectivity index is 0.913. The molecule has 0 saturated heterocycles. The molecule has 2 N–H and O–H groups in total. The predicted molar refractivity (Wildman–Crippen MR) is 196 cm³/mol. The highest BCUT2D eigenvalue weighted by atomic mass is 17.2. The van der Waals surface area contributed by atoms with Crippen molar-refractivity contribution in [1.82, 2.24) is 0 Å². The lowest BCUT2D eigenvalue weighted by molar-refractivity contribution is -0.341. The van der Waals surface area contributed by atoms with E-state index in [2.05, 4.69) is 18.7 Å². The number of rotatable bonds is 13. The fraction of sp³-hybridized carbons (Fsp3) is 0.953. The highest BCUT2D eigenvalue weighted by molar-refractivity contribution is 5.81. The largest absolute Gasteiger partial charge is 0.481 e. The normalized spacial score (nSPS) is 37.9. The molecule has 51 heavy (non-hydrogen) atoms. The van der Waals surface area contributed by atoms with E-state index in [-0.39, 0.29) is 23.6 Å². The van der Waals surface area contributed by atoms with E-state index in [1.165, 1.54) is 70.6 Å². The second-order valence-corrected chi connectivity index (χ2v) is 18.9. The molecule has 0 aliphatic heterocycles. The molecule has 6 atom stereocenters. The molecule has 6 fully saturated rings. The summed E-state index contributed by atoms with van der Waals surface area (Å²) < 4.78 is 6.15. The Labute approximate surface area is 308 Å². The molecule has 0 spiro atoms. The number of aliphatic carboxylic acids is 1. The molecule has 8 nitrogen and oxygen atoms in total. The molecule has 0 amide bonds. The van der Waals surface area contributed by atoms with Crippen LogP contribution < -0.4 is 0 Å². The molecule has 0 aromatic heterocycles. The van der Waals surface area contributed by atoms with Crippen molar-refractivity contribution in [3.63, 3.8) is 0 Å². The molecule has 292 valence electrons. The van der Waals surface area contributed by atoms with Gasteiger partial charge in [0.1, 0.15) is 6.10 Å². The van der Waals surface area contributed by atoms with Crippen LogP contribution in [0.3, 0.4) is 0 Å². The van der Waals surface area contributed by atoms with Crippen molar-refractivity contribution >= 4 is 11.9 Å². The summed E-state index contributed by atoms with van der Waals surface area (Å²) >= 11 is 0. The number of carbonyl (C=O) groups is 2. The van der Waals surface area contributed by atoms with E-state index in [1.807, 2.05) is 0 Å². The van der Waals surface area contributed by atoms with E-state index >= 15 is 0 Å². The first-order chi connectivity index (χ1) is 24.7. The first-order valence-electron chi connectivity index (χ1n) is 21.7. The van der Waals surface area contributed by atoms with Gasteiger partial charge in [0.25, 0.3) is 0 Å². The zero-order valence-electron chi connectivity index (χ0n) is 32.2. The van der Waals surface area contributed by atoms with Crippen LogP contribution in [-0.2, 0) is 29.0 Å². The van der Waals surface area contributed by atoms with Crippen LogP contribution >= 0.6 is 0 Å². The van der Waals surface area contributed by atoms with Crippen molar-refractivity contribution in [2.45, 2.75) is 180 Å². The predicted octanol–water partition coefficient (Wildman–Crippen LogP) is 10.4. The Morgan fingerprint density at radius 1 is 0.569 bits per heavy atom. The highest BCUT2D eigenvalue weighted by Gasteiger charge is 2.45. The second-order valence-electron chi connectivity index (χ2n) is 18.9. The number of hydrogen-bond donors (Lipinski definition) is 2. The molecule has 0 radical (unpaired) electrons. The van der Waals surface area contributed by atoms with Crippen molar-refractivity contribution in [2.75, 3.05) is 13.2 Å². The second kappa shape index (κ2) is 18.9. The standard InChI is InChI=1S/C43H72O8/c1-43(2,35-16-20-37(21-17-35)50-42(46)40-26-32(15-24-39(40)41(44)45)30-11-7-4-8-12-30)36-18-22-38(23-19-36)51-49-28-34-25-31(13-14-33(34)27-48-47)29-9-5-3-6-10-29/h29-40,47H,3-28H2,1-2H3,(H,44,45). The van der Waals surface area contributed by atoms with Crippen LogP contribution in [0.1, 0.15) is 168 Å². The lowest BCUT2D eigenvalue weighted by Crippen LogP contribution is -2.41. The lowest BCUT2D eigenvalue weighted by Gasteiger charge is -2.46. The van der Waals surface area contributed by atoms with Gasteiger partial charge in [0.05, 0.1) is 31.2 Å². The summed E-state index contributed by atoms with van der Waals surface area (Å²) in [6, 6.07) is 0. The minimum absolute atomic E-state index is 0.0824. The summed E-state index contributed by atoms with van der Waals surface area (Å²) in [5, 5.41) is 19.2. The molecule has 6 saturated carbocycles. The third-order valence-corrected chi connectivity index (χ3v) is 15.8. The van der Waals surface area contributed by atoms with E-state index < -0.39 is 17.8 Å². The molecule has 6 aliphatic carbocycles. The maximum absolute atomic E-state index is 13.5. The van der Waals surface area contributed by atoms with Gasteiger partial charge in [-0.15, -0.1) is 0 Å². The van der Waals surface area contributed by atoms with Gasteiger partial charge in [-0.25, -0.2) is 14.7 Å². The first kappa shape index (κ1) is 39.5. The number of hydrogen-bond acceptors (Lipinski definition) is 7.